The lowest BCUT2D eigenvalue weighted by atomic mass is 9.91. The summed E-state index contributed by atoms with van der Waals surface area (Å²) < 4.78 is 55.0. The lowest BCUT2D eigenvalue weighted by molar-refractivity contribution is -0.117. The molecule has 1 amide bonds. The Bertz CT molecular complexity index is 1490. The molecule has 0 bridgehead atoms. The Morgan fingerprint density at radius 1 is 1.02 bits per heavy atom. The monoisotopic (exact) mass is 587 g/mol. The second kappa shape index (κ2) is 11.4. The van der Waals surface area contributed by atoms with Crippen molar-refractivity contribution in [3.63, 3.8) is 0 Å². The summed E-state index contributed by atoms with van der Waals surface area (Å²) in [5.74, 6) is -0.0849. The van der Waals surface area contributed by atoms with Gasteiger partial charge < -0.3 is 24.7 Å². The maximum atomic E-state index is 14.3. The lowest BCUT2D eigenvalue weighted by Gasteiger charge is -2.25. The number of ether oxygens (including phenoxy) is 2. The Labute approximate surface area is 237 Å². The van der Waals surface area contributed by atoms with E-state index in [0.29, 0.717) is 48.8 Å². The van der Waals surface area contributed by atoms with Crippen LogP contribution in [0, 0.1) is 5.92 Å². The molecule has 2 N–H and O–H groups in total. The number of imidazole rings is 1. The quantitative estimate of drug-likeness (QED) is 0.298. The lowest BCUT2D eigenvalue weighted by Crippen LogP contribution is -2.21. The van der Waals surface area contributed by atoms with E-state index in [4.69, 9.17) is 9.47 Å². The molecule has 0 radical (unpaired) electrons. The van der Waals surface area contributed by atoms with Gasteiger partial charge in [-0.1, -0.05) is 6.07 Å². The SMILES string of the molecule is CP(C)(=O)c1cc(C2CCOCC2)ccc1Nc1cc(NC(=O)C2CC2)nc2c1nc(C(F)F)n2C1CCCCO1. The zero-order valence-electron chi connectivity index (χ0n) is 23.4. The molecule has 2 saturated heterocycles. The van der Waals surface area contributed by atoms with Gasteiger partial charge in [-0.25, -0.2) is 18.7 Å². The number of pyridine rings is 1. The average Bonchev–Trinajstić information content (AvgIpc) is 3.74. The minimum Gasteiger partial charge on any atom is -0.381 e. The van der Waals surface area contributed by atoms with E-state index in [1.807, 2.05) is 18.2 Å². The Morgan fingerprint density at radius 3 is 2.46 bits per heavy atom. The highest BCUT2D eigenvalue weighted by Gasteiger charge is 2.32. The predicted octanol–water partition coefficient (Wildman–Crippen LogP) is 6.30. The van der Waals surface area contributed by atoms with E-state index in [1.54, 1.807) is 19.4 Å². The fraction of sp³-hybridized carbons (Fsp3) is 0.552. The number of nitrogens with zero attached hydrogens (tertiary/aromatic N) is 3. The molecule has 3 aromatic rings. The van der Waals surface area contributed by atoms with Gasteiger partial charge in [0.15, 0.2) is 11.5 Å². The molecule has 3 aliphatic rings. The fourth-order valence-electron chi connectivity index (χ4n) is 5.71. The van der Waals surface area contributed by atoms with Crippen molar-refractivity contribution in [3.8, 4) is 0 Å². The summed E-state index contributed by atoms with van der Waals surface area (Å²) in [5, 5.41) is 6.87. The van der Waals surface area contributed by atoms with Crippen molar-refractivity contribution in [2.24, 2.45) is 5.92 Å². The molecule has 1 atom stereocenters. The molecule has 9 nitrogen and oxygen atoms in total. The number of hydrogen-bond donors (Lipinski definition) is 2. The van der Waals surface area contributed by atoms with Crippen LogP contribution in [-0.4, -0.2) is 53.6 Å². The van der Waals surface area contributed by atoms with Crippen molar-refractivity contribution in [2.75, 3.05) is 43.8 Å². The fourth-order valence-corrected chi connectivity index (χ4v) is 6.88. The van der Waals surface area contributed by atoms with Gasteiger partial charge in [0.05, 0.1) is 5.69 Å². The van der Waals surface area contributed by atoms with Gasteiger partial charge in [0.2, 0.25) is 5.91 Å². The van der Waals surface area contributed by atoms with E-state index in [2.05, 4.69) is 20.6 Å². The summed E-state index contributed by atoms with van der Waals surface area (Å²) in [7, 11) is -2.76. The van der Waals surface area contributed by atoms with E-state index < -0.39 is 25.6 Å². The normalized spacial score (nSPS) is 20.5. The van der Waals surface area contributed by atoms with Crippen LogP contribution in [0.5, 0.6) is 0 Å². The summed E-state index contributed by atoms with van der Waals surface area (Å²) in [6.07, 6.45) is 2.19. The van der Waals surface area contributed by atoms with Crippen LogP contribution < -0.4 is 15.9 Å². The number of anilines is 3. The number of amides is 1. The van der Waals surface area contributed by atoms with Crippen molar-refractivity contribution in [2.45, 2.75) is 63.5 Å². The van der Waals surface area contributed by atoms with Crippen LogP contribution >= 0.6 is 7.14 Å². The molecular formula is C29H36F2N5O4P. The summed E-state index contributed by atoms with van der Waals surface area (Å²) in [6, 6.07) is 7.52. The third-order valence-electron chi connectivity index (χ3n) is 8.08. The van der Waals surface area contributed by atoms with Crippen LogP contribution in [0.1, 0.15) is 74.9 Å². The number of nitrogens with one attached hydrogen (secondary N) is 2. The highest BCUT2D eigenvalue weighted by molar-refractivity contribution is 7.70. The molecule has 1 aliphatic carbocycles. The number of rotatable bonds is 8. The highest BCUT2D eigenvalue weighted by atomic mass is 31.2. The summed E-state index contributed by atoms with van der Waals surface area (Å²) >= 11 is 0. The maximum Gasteiger partial charge on any atom is 0.295 e. The van der Waals surface area contributed by atoms with Crippen LogP contribution in [0.3, 0.4) is 0 Å². The molecule has 0 spiro atoms. The van der Waals surface area contributed by atoms with Gasteiger partial charge in [-0.2, -0.15) is 0 Å². The smallest absolute Gasteiger partial charge is 0.295 e. The molecule has 2 aromatic heterocycles. The van der Waals surface area contributed by atoms with E-state index in [1.165, 1.54) is 4.57 Å². The second-order valence-corrected chi connectivity index (χ2v) is 14.8. The number of benzene rings is 1. The van der Waals surface area contributed by atoms with Crippen LogP contribution in [0.2, 0.25) is 0 Å². The summed E-state index contributed by atoms with van der Waals surface area (Å²) in [5.41, 5.74) is 2.54. The van der Waals surface area contributed by atoms with Crippen LogP contribution in [0.15, 0.2) is 24.3 Å². The molecule has 1 saturated carbocycles. The first-order valence-corrected chi connectivity index (χ1v) is 17.0. The Morgan fingerprint density at radius 2 is 1.80 bits per heavy atom. The molecule has 2 aliphatic heterocycles. The Hall–Kier alpha value is -2.88. The third-order valence-corrected chi connectivity index (χ3v) is 9.61. The van der Waals surface area contributed by atoms with Gasteiger partial charge in [-0.3, -0.25) is 9.36 Å². The average molecular weight is 588 g/mol. The number of alkyl halides is 2. The topological polar surface area (TPSA) is 107 Å². The minimum absolute atomic E-state index is 0.0671. The van der Waals surface area contributed by atoms with Crippen molar-refractivity contribution < 1.29 is 27.6 Å². The maximum absolute atomic E-state index is 14.3. The zero-order valence-corrected chi connectivity index (χ0v) is 24.3. The number of aromatic nitrogens is 3. The molecule has 6 rings (SSSR count). The largest absolute Gasteiger partial charge is 0.381 e. The molecular weight excluding hydrogens is 551 g/mol. The Kier molecular flexibility index (Phi) is 7.87. The van der Waals surface area contributed by atoms with Gasteiger partial charge >= 0.3 is 0 Å². The molecule has 41 heavy (non-hydrogen) atoms. The number of hydrogen-bond acceptors (Lipinski definition) is 7. The van der Waals surface area contributed by atoms with Gasteiger partial charge in [-0.05, 0) is 81.9 Å². The molecule has 1 aromatic carbocycles. The van der Waals surface area contributed by atoms with Gasteiger partial charge in [-0.15, -0.1) is 0 Å². The number of carbonyl (C=O) groups is 1. The predicted molar refractivity (Wildman–Crippen MR) is 154 cm³/mol. The van der Waals surface area contributed by atoms with Crippen LogP contribution in [-0.2, 0) is 18.8 Å². The first kappa shape index (κ1) is 28.2. The van der Waals surface area contributed by atoms with E-state index in [0.717, 1.165) is 44.1 Å². The third kappa shape index (κ3) is 6.03. The van der Waals surface area contributed by atoms with Crippen LogP contribution in [0.25, 0.3) is 11.2 Å². The molecule has 4 heterocycles. The van der Waals surface area contributed by atoms with Crippen molar-refractivity contribution in [3.05, 3.63) is 35.7 Å². The van der Waals surface area contributed by atoms with Crippen molar-refractivity contribution >= 4 is 46.7 Å². The van der Waals surface area contributed by atoms with Gasteiger partial charge in [0, 0.05) is 42.8 Å². The zero-order chi connectivity index (χ0) is 28.7. The molecule has 1 unspecified atom stereocenters. The standard InChI is InChI=1S/C29H36F2N5O4P/c1-41(2,38)22-15-19(17-10-13-39-14-11-17)8-9-20(22)32-21-16-23(34-29(37)18-6-7-18)33-27-25(21)35-28(26(30)31)36(27)24-5-3-4-12-40-24/h8-9,15-18,24,26H,3-7,10-14H2,1-2H3,(H2,32,33,34,37). The molecule has 12 heteroatoms. The first-order chi connectivity index (χ1) is 19.7. The highest BCUT2D eigenvalue weighted by Crippen LogP contribution is 2.42. The van der Waals surface area contributed by atoms with Crippen molar-refractivity contribution in [1.82, 2.24) is 14.5 Å². The van der Waals surface area contributed by atoms with E-state index >= 15 is 0 Å². The first-order valence-electron chi connectivity index (χ1n) is 14.4. The number of fused-ring (bicyclic) bond motifs is 1. The molecule has 220 valence electrons. The second-order valence-electron chi connectivity index (χ2n) is 11.6. The molecule has 3 fully saturated rings. The van der Waals surface area contributed by atoms with Gasteiger partial charge in [0.1, 0.15) is 24.7 Å². The minimum atomic E-state index is -2.85. The van der Waals surface area contributed by atoms with E-state index in [9.17, 15) is 18.1 Å². The summed E-state index contributed by atoms with van der Waals surface area (Å²) in [6.45, 7) is 5.28. The van der Waals surface area contributed by atoms with Gasteiger partial charge in [0.25, 0.3) is 6.43 Å². The van der Waals surface area contributed by atoms with E-state index in [-0.39, 0.29) is 28.8 Å². The summed E-state index contributed by atoms with van der Waals surface area (Å²) in [4.78, 5) is 21.6. The van der Waals surface area contributed by atoms with Crippen molar-refractivity contribution in [1.29, 1.82) is 0 Å². The Balaban J connectivity index is 1.46. The number of halogens is 2. The number of carbonyl (C=O) groups excluding carboxylic acids is 1. The van der Waals surface area contributed by atoms with Crippen LogP contribution in [0.4, 0.5) is 26.0 Å².